The zero-order valence-corrected chi connectivity index (χ0v) is 16.0. The molecule has 0 spiro atoms. The third-order valence-corrected chi connectivity index (χ3v) is 4.90. The number of nitrogens with zero attached hydrogens (tertiary/aromatic N) is 3. The number of thioether (sulfide) groups is 1. The normalized spacial score (nSPS) is 10.5. The Morgan fingerprint density at radius 3 is 2.57 bits per heavy atom. The molecule has 2 aromatic carbocycles. The summed E-state index contributed by atoms with van der Waals surface area (Å²) in [4.78, 5) is 24.1. The average Bonchev–Trinajstić information content (AvgIpc) is 3.07. The lowest BCUT2D eigenvalue weighted by molar-refractivity contribution is -0.113. The van der Waals surface area contributed by atoms with Gasteiger partial charge in [-0.25, -0.2) is 9.18 Å². The lowest BCUT2D eigenvalue weighted by Crippen LogP contribution is -2.17. The van der Waals surface area contributed by atoms with Crippen molar-refractivity contribution in [3.8, 4) is 11.4 Å². The first kappa shape index (κ1) is 19.6. The zero-order valence-electron chi connectivity index (χ0n) is 15.2. The Morgan fingerprint density at radius 2 is 1.86 bits per heavy atom. The fourth-order valence-electron chi connectivity index (χ4n) is 2.49. The van der Waals surface area contributed by atoms with Crippen molar-refractivity contribution >= 4 is 29.3 Å². The first-order valence-electron chi connectivity index (χ1n) is 8.25. The molecule has 9 heteroatoms. The average molecular weight is 400 g/mol. The van der Waals surface area contributed by atoms with E-state index in [0.29, 0.717) is 16.7 Å². The number of ether oxygens (including phenoxy) is 1. The summed E-state index contributed by atoms with van der Waals surface area (Å²) < 4.78 is 19.5. The maximum Gasteiger partial charge on any atom is 0.339 e. The monoisotopic (exact) mass is 400 g/mol. The van der Waals surface area contributed by atoms with Crippen LogP contribution in [0.4, 0.5) is 10.1 Å². The van der Waals surface area contributed by atoms with E-state index in [4.69, 9.17) is 4.74 Å². The van der Waals surface area contributed by atoms with Crippen molar-refractivity contribution < 1.29 is 18.7 Å². The number of para-hydroxylation sites is 1. The minimum atomic E-state index is -0.527. The third kappa shape index (κ3) is 4.37. The van der Waals surface area contributed by atoms with Gasteiger partial charge in [0.2, 0.25) is 5.91 Å². The van der Waals surface area contributed by atoms with E-state index in [0.717, 1.165) is 5.56 Å². The number of nitrogens with one attached hydrogen (secondary N) is 1. The fraction of sp³-hybridized carbons (Fsp3) is 0.158. The highest BCUT2D eigenvalue weighted by molar-refractivity contribution is 7.99. The number of anilines is 1. The van der Waals surface area contributed by atoms with Crippen LogP contribution in [-0.2, 0) is 16.6 Å². The van der Waals surface area contributed by atoms with Gasteiger partial charge in [0.15, 0.2) is 11.0 Å². The summed E-state index contributed by atoms with van der Waals surface area (Å²) in [6.45, 7) is 0. The molecule has 1 aromatic heterocycles. The molecular weight excluding hydrogens is 383 g/mol. The number of rotatable bonds is 6. The van der Waals surface area contributed by atoms with E-state index in [9.17, 15) is 14.0 Å². The molecule has 0 fully saturated rings. The molecule has 7 nitrogen and oxygen atoms in total. The summed E-state index contributed by atoms with van der Waals surface area (Å²) in [5.41, 5.74) is 1.38. The van der Waals surface area contributed by atoms with Crippen LogP contribution in [0.25, 0.3) is 11.4 Å². The Morgan fingerprint density at radius 1 is 1.14 bits per heavy atom. The summed E-state index contributed by atoms with van der Waals surface area (Å²) in [5, 5.41) is 11.4. The van der Waals surface area contributed by atoms with E-state index in [1.807, 2.05) is 0 Å². The SMILES string of the molecule is COC(=O)c1ccccc1NC(=O)CSc1nnc(-c2ccc(F)cc2)n1C. The number of aromatic nitrogens is 3. The van der Waals surface area contributed by atoms with Crippen molar-refractivity contribution in [3.05, 3.63) is 59.9 Å². The van der Waals surface area contributed by atoms with Crippen LogP contribution in [-0.4, -0.2) is 39.5 Å². The summed E-state index contributed by atoms with van der Waals surface area (Å²) in [6.07, 6.45) is 0. The first-order valence-corrected chi connectivity index (χ1v) is 9.23. The van der Waals surface area contributed by atoms with Crippen LogP contribution in [0.3, 0.4) is 0 Å². The molecule has 0 saturated heterocycles. The predicted octanol–water partition coefficient (Wildman–Crippen LogP) is 3.14. The number of hydrogen-bond acceptors (Lipinski definition) is 6. The first-order chi connectivity index (χ1) is 13.5. The number of methoxy groups -OCH3 is 1. The Hall–Kier alpha value is -3.20. The summed E-state index contributed by atoms with van der Waals surface area (Å²) in [6, 6.07) is 12.5. The topological polar surface area (TPSA) is 86.1 Å². The molecule has 1 N–H and O–H groups in total. The minimum absolute atomic E-state index is 0.0743. The number of esters is 1. The van der Waals surface area contributed by atoms with Crippen molar-refractivity contribution in [2.24, 2.45) is 7.05 Å². The van der Waals surface area contributed by atoms with Gasteiger partial charge >= 0.3 is 5.97 Å². The van der Waals surface area contributed by atoms with Gasteiger partial charge < -0.3 is 14.6 Å². The number of halogens is 1. The molecule has 3 aromatic rings. The summed E-state index contributed by atoms with van der Waals surface area (Å²) in [5.74, 6) is -0.512. The lowest BCUT2D eigenvalue weighted by Gasteiger charge is -2.09. The van der Waals surface area contributed by atoms with Crippen LogP contribution in [0.15, 0.2) is 53.7 Å². The van der Waals surface area contributed by atoms with E-state index in [2.05, 4.69) is 15.5 Å². The molecular formula is C19H17FN4O3S. The summed E-state index contributed by atoms with van der Waals surface area (Å²) >= 11 is 1.20. The highest BCUT2D eigenvalue weighted by atomic mass is 32.2. The molecule has 1 heterocycles. The molecule has 28 heavy (non-hydrogen) atoms. The van der Waals surface area contributed by atoms with Crippen molar-refractivity contribution in [1.29, 1.82) is 0 Å². The highest BCUT2D eigenvalue weighted by Gasteiger charge is 2.16. The second kappa shape index (κ2) is 8.66. The van der Waals surface area contributed by atoms with Gasteiger partial charge in [-0.15, -0.1) is 10.2 Å². The lowest BCUT2D eigenvalue weighted by atomic mass is 10.2. The van der Waals surface area contributed by atoms with Gasteiger partial charge in [-0.1, -0.05) is 23.9 Å². The third-order valence-electron chi connectivity index (χ3n) is 3.88. The maximum atomic E-state index is 13.1. The van der Waals surface area contributed by atoms with Gasteiger partial charge in [0.25, 0.3) is 0 Å². The van der Waals surface area contributed by atoms with Crippen molar-refractivity contribution in [3.63, 3.8) is 0 Å². The number of benzene rings is 2. The molecule has 0 unspecified atom stereocenters. The van der Waals surface area contributed by atoms with E-state index >= 15 is 0 Å². The Labute approximate surface area is 164 Å². The number of carbonyl (C=O) groups is 2. The van der Waals surface area contributed by atoms with E-state index in [1.54, 1.807) is 48.0 Å². The standard InChI is InChI=1S/C19H17FN4O3S/c1-24-17(12-7-9-13(20)10-8-12)22-23-19(24)28-11-16(25)21-15-6-4-3-5-14(15)18(26)27-2/h3-10H,11H2,1-2H3,(H,21,25). The van der Waals surface area contributed by atoms with Crippen molar-refractivity contribution in [1.82, 2.24) is 14.8 Å². The smallest absolute Gasteiger partial charge is 0.339 e. The Kier molecular flexibility index (Phi) is 6.05. The number of carbonyl (C=O) groups excluding carboxylic acids is 2. The van der Waals surface area contributed by atoms with Crippen molar-refractivity contribution in [2.75, 3.05) is 18.2 Å². The van der Waals surface area contributed by atoms with Gasteiger partial charge in [0.05, 0.1) is 24.1 Å². The second-order valence-electron chi connectivity index (χ2n) is 5.75. The number of hydrogen-bond donors (Lipinski definition) is 1. The molecule has 144 valence electrons. The van der Waals surface area contributed by atoms with Crippen LogP contribution in [0, 0.1) is 5.82 Å². The molecule has 0 saturated carbocycles. The number of amides is 1. The quantitative estimate of drug-likeness (QED) is 0.505. The Balaban J connectivity index is 1.66. The van der Waals surface area contributed by atoms with Crippen LogP contribution in [0.1, 0.15) is 10.4 Å². The predicted molar refractivity (Wildman–Crippen MR) is 104 cm³/mol. The van der Waals surface area contributed by atoms with Crippen LogP contribution in [0.5, 0.6) is 0 Å². The van der Waals surface area contributed by atoms with Crippen LogP contribution in [0.2, 0.25) is 0 Å². The largest absolute Gasteiger partial charge is 0.465 e. The van der Waals surface area contributed by atoms with Gasteiger partial charge in [0.1, 0.15) is 5.82 Å². The molecule has 0 atom stereocenters. The molecule has 1 amide bonds. The zero-order chi connectivity index (χ0) is 20.1. The maximum absolute atomic E-state index is 13.1. The second-order valence-corrected chi connectivity index (χ2v) is 6.69. The van der Waals surface area contributed by atoms with Crippen LogP contribution >= 0.6 is 11.8 Å². The van der Waals surface area contributed by atoms with E-state index in [1.165, 1.54) is 31.0 Å². The van der Waals surface area contributed by atoms with Crippen molar-refractivity contribution in [2.45, 2.75) is 5.16 Å². The minimum Gasteiger partial charge on any atom is -0.465 e. The molecule has 0 aliphatic carbocycles. The molecule has 0 radical (unpaired) electrons. The molecule has 0 bridgehead atoms. The molecule has 0 aliphatic rings. The molecule has 3 rings (SSSR count). The highest BCUT2D eigenvalue weighted by Crippen LogP contribution is 2.23. The fourth-order valence-corrected chi connectivity index (χ4v) is 3.20. The van der Waals surface area contributed by atoms with Gasteiger partial charge in [-0.05, 0) is 36.4 Å². The van der Waals surface area contributed by atoms with Crippen LogP contribution < -0.4 is 5.32 Å². The van der Waals surface area contributed by atoms with E-state index < -0.39 is 5.97 Å². The van der Waals surface area contributed by atoms with E-state index in [-0.39, 0.29) is 23.0 Å². The summed E-state index contributed by atoms with van der Waals surface area (Å²) in [7, 11) is 3.05. The Bertz CT molecular complexity index is 1000. The van der Waals surface area contributed by atoms with Gasteiger partial charge in [0, 0.05) is 12.6 Å². The van der Waals surface area contributed by atoms with Gasteiger partial charge in [-0.3, -0.25) is 4.79 Å². The molecule has 0 aliphatic heterocycles. The van der Waals surface area contributed by atoms with Gasteiger partial charge in [-0.2, -0.15) is 0 Å².